The number of nitrogens with one attached hydrogen (secondary N) is 3. The van der Waals surface area contributed by atoms with Gasteiger partial charge < -0.3 is 20.7 Å². The molecular formula is C26H24ClF2N5O2S. The number of aromatic nitrogens is 2. The van der Waals surface area contributed by atoms with Crippen molar-refractivity contribution in [1.82, 2.24) is 20.6 Å². The predicted octanol–water partition coefficient (Wildman–Crippen LogP) is 5.74. The number of carbonyl (C=O) groups is 1. The summed E-state index contributed by atoms with van der Waals surface area (Å²) in [7, 11) is 0. The standard InChI is InChI=1S/C26H24ClF2N5O2S/c1-14-22-24(34-20-7-5-16(28)10-21(20)36-17-3-2-8-30-12-17)32-13-33-26(22)37-23(14)25(35)31-11-15-4-6-18(27)19(29)9-15/h4-7,9-10,13,17,30H,2-3,8,11-12H2,1H3,(H,31,35)(H,32,33,34). The Morgan fingerprint density at radius 3 is 2.89 bits per heavy atom. The maximum Gasteiger partial charge on any atom is 0.261 e. The first-order valence-electron chi connectivity index (χ1n) is 11.8. The van der Waals surface area contributed by atoms with E-state index >= 15 is 0 Å². The van der Waals surface area contributed by atoms with E-state index in [1.54, 1.807) is 12.1 Å². The van der Waals surface area contributed by atoms with E-state index < -0.39 is 11.6 Å². The van der Waals surface area contributed by atoms with E-state index in [0.29, 0.717) is 50.0 Å². The molecule has 1 saturated heterocycles. The van der Waals surface area contributed by atoms with E-state index in [0.717, 1.165) is 19.4 Å². The van der Waals surface area contributed by atoms with Gasteiger partial charge in [-0.15, -0.1) is 11.3 Å². The van der Waals surface area contributed by atoms with E-state index in [1.165, 1.54) is 41.9 Å². The Morgan fingerprint density at radius 2 is 2.11 bits per heavy atom. The largest absolute Gasteiger partial charge is 0.487 e. The molecule has 0 saturated carbocycles. The number of benzene rings is 2. The van der Waals surface area contributed by atoms with Crippen LogP contribution >= 0.6 is 22.9 Å². The van der Waals surface area contributed by atoms with Crippen LogP contribution in [0.1, 0.15) is 33.6 Å². The zero-order valence-electron chi connectivity index (χ0n) is 19.9. The van der Waals surface area contributed by atoms with Crippen LogP contribution in [-0.2, 0) is 6.54 Å². The van der Waals surface area contributed by atoms with Gasteiger partial charge >= 0.3 is 0 Å². The summed E-state index contributed by atoms with van der Waals surface area (Å²) in [5, 5.41) is 10.1. The van der Waals surface area contributed by atoms with E-state index in [4.69, 9.17) is 16.3 Å². The zero-order chi connectivity index (χ0) is 25.9. The van der Waals surface area contributed by atoms with Crippen molar-refractivity contribution >= 4 is 50.6 Å². The van der Waals surface area contributed by atoms with Crippen molar-refractivity contribution in [3.05, 3.63) is 75.4 Å². The fourth-order valence-corrected chi connectivity index (χ4v) is 5.40. The van der Waals surface area contributed by atoms with Gasteiger partial charge in [0.1, 0.15) is 40.5 Å². The lowest BCUT2D eigenvalue weighted by atomic mass is 10.1. The smallest absolute Gasteiger partial charge is 0.261 e. The number of carbonyl (C=O) groups excluding carboxylic acids is 1. The topological polar surface area (TPSA) is 88.2 Å². The van der Waals surface area contributed by atoms with Crippen molar-refractivity contribution in [2.75, 3.05) is 18.4 Å². The Balaban J connectivity index is 1.39. The average molecular weight is 544 g/mol. The Bertz CT molecular complexity index is 1460. The molecule has 1 unspecified atom stereocenters. The van der Waals surface area contributed by atoms with Gasteiger partial charge in [-0.05, 0) is 61.7 Å². The Labute approximate surface area is 221 Å². The molecule has 0 radical (unpaired) electrons. The summed E-state index contributed by atoms with van der Waals surface area (Å²) < 4.78 is 33.9. The molecule has 2 aromatic heterocycles. The molecule has 2 aromatic carbocycles. The van der Waals surface area contributed by atoms with Crippen LogP contribution in [0.15, 0.2) is 42.7 Å². The third-order valence-electron chi connectivity index (χ3n) is 6.11. The molecule has 0 bridgehead atoms. The Kier molecular flexibility index (Phi) is 7.50. The zero-order valence-corrected chi connectivity index (χ0v) is 21.5. The fraction of sp³-hybridized carbons (Fsp3) is 0.269. The summed E-state index contributed by atoms with van der Waals surface area (Å²) >= 11 is 6.97. The molecule has 3 heterocycles. The Morgan fingerprint density at radius 1 is 1.24 bits per heavy atom. The van der Waals surface area contributed by atoms with E-state index in [-0.39, 0.29) is 23.6 Å². The van der Waals surface area contributed by atoms with Gasteiger partial charge in [0, 0.05) is 19.2 Å². The third-order valence-corrected chi connectivity index (χ3v) is 7.62. The predicted molar refractivity (Wildman–Crippen MR) is 141 cm³/mol. The molecule has 1 aliphatic rings. The van der Waals surface area contributed by atoms with Gasteiger partial charge in [-0.25, -0.2) is 18.7 Å². The first kappa shape index (κ1) is 25.3. The lowest BCUT2D eigenvalue weighted by Crippen LogP contribution is -2.37. The highest BCUT2D eigenvalue weighted by Gasteiger charge is 2.21. The molecule has 7 nitrogen and oxygen atoms in total. The second-order valence-corrected chi connectivity index (χ2v) is 10.1. The molecule has 4 aromatic rings. The molecular weight excluding hydrogens is 520 g/mol. The van der Waals surface area contributed by atoms with Gasteiger partial charge in [0.15, 0.2) is 0 Å². The molecule has 11 heteroatoms. The van der Waals surface area contributed by atoms with Gasteiger partial charge in [0.2, 0.25) is 0 Å². The molecule has 1 amide bonds. The number of fused-ring (bicyclic) bond motifs is 1. The molecule has 37 heavy (non-hydrogen) atoms. The maximum atomic E-state index is 14.1. The Hall–Kier alpha value is -3.34. The van der Waals surface area contributed by atoms with Gasteiger partial charge in [0.25, 0.3) is 5.91 Å². The van der Waals surface area contributed by atoms with E-state index in [2.05, 4.69) is 25.9 Å². The number of piperidine rings is 1. The number of nitrogens with zero attached hydrogens (tertiary/aromatic N) is 2. The lowest BCUT2D eigenvalue weighted by Gasteiger charge is -2.25. The van der Waals surface area contributed by atoms with Crippen LogP contribution in [-0.4, -0.2) is 35.1 Å². The average Bonchev–Trinajstić information content (AvgIpc) is 3.24. The number of hydrogen-bond acceptors (Lipinski definition) is 7. The van der Waals surface area contributed by atoms with Crippen molar-refractivity contribution in [2.45, 2.75) is 32.4 Å². The van der Waals surface area contributed by atoms with Crippen LogP contribution in [0.5, 0.6) is 5.75 Å². The first-order chi connectivity index (χ1) is 17.9. The maximum absolute atomic E-state index is 14.1. The van der Waals surface area contributed by atoms with Crippen molar-refractivity contribution in [3.63, 3.8) is 0 Å². The minimum absolute atomic E-state index is 0.0270. The highest BCUT2D eigenvalue weighted by Crippen LogP contribution is 2.37. The normalized spacial score (nSPS) is 15.5. The number of amides is 1. The van der Waals surface area contributed by atoms with Crippen molar-refractivity contribution in [1.29, 1.82) is 0 Å². The first-order valence-corrected chi connectivity index (χ1v) is 13.0. The monoisotopic (exact) mass is 543 g/mol. The van der Waals surface area contributed by atoms with Crippen LogP contribution in [0, 0.1) is 18.6 Å². The SMILES string of the molecule is Cc1c(C(=O)NCc2ccc(Cl)c(F)c2)sc2ncnc(Nc3ccc(F)cc3OC3CCCNC3)c12. The van der Waals surface area contributed by atoms with Crippen LogP contribution in [0.3, 0.4) is 0 Å². The van der Waals surface area contributed by atoms with Crippen LogP contribution in [0.25, 0.3) is 10.2 Å². The molecule has 192 valence electrons. The van der Waals surface area contributed by atoms with Gasteiger partial charge in [0.05, 0.1) is 21.0 Å². The van der Waals surface area contributed by atoms with Crippen molar-refractivity contribution < 1.29 is 18.3 Å². The van der Waals surface area contributed by atoms with Gasteiger partial charge in [-0.2, -0.15) is 0 Å². The number of halogens is 3. The second-order valence-electron chi connectivity index (χ2n) is 8.74. The number of rotatable bonds is 7. The van der Waals surface area contributed by atoms with Crippen molar-refractivity contribution in [2.24, 2.45) is 0 Å². The number of thiophene rings is 1. The van der Waals surface area contributed by atoms with Crippen molar-refractivity contribution in [3.8, 4) is 5.75 Å². The minimum atomic E-state index is -0.540. The van der Waals surface area contributed by atoms with E-state index in [9.17, 15) is 13.6 Å². The molecule has 1 aliphatic heterocycles. The molecule has 0 spiro atoms. The van der Waals surface area contributed by atoms with Gasteiger partial charge in [-0.1, -0.05) is 17.7 Å². The lowest BCUT2D eigenvalue weighted by molar-refractivity contribution is 0.0954. The van der Waals surface area contributed by atoms with Crippen LogP contribution in [0.4, 0.5) is 20.3 Å². The highest BCUT2D eigenvalue weighted by atomic mass is 35.5. The molecule has 1 atom stereocenters. The summed E-state index contributed by atoms with van der Waals surface area (Å²) in [6.45, 7) is 3.60. The fourth-order valence-electron chi connectivity index (χ4n) is 4.22. The number of ether oxygens (including phenoxy) is 1. The number of hydrogen-bond donors (Lipinski definition) is 3. The summed E-state index contributed by atoms with van der Waals surface area (Å²) in [5.41, 5.74) is 1.85. The summed E-state index contributed by atoms with van der Waals surface area (Å²) in [4.78, 5) is 22.8. The summed E-state index contributed by atoms with van der Waals surface area (Å²) in [5.74, 6) is -0.376. The van der Waals surface area contributed by atoms with Crippen LogP contribution in [0.2, 0.25) is 5.02 Å². The quantitative estimate of drug-likeness (QED) is 0.276. The highest BCUT2D eigenvalue weighted by molar-refractivity contribution is 7.20. The minimum Gasteiger partial charge on any atom is -0.487 e. The molecule has 0 aliphatic carbocycles. The molecule has 1 fully saturated rings. The summed E-state index contributed by atoms with van der Waals surface area (Å²) in [6.07, 6.45) is 3.22. The number of aryl methyl sites for hydroxylation is 1. The second kappa shape index (κ2) is 11.0. The van der Waals surface area contributed by atoms with Crippen LogP contribution < -0.4 is 20.7 Å². The molecule has 3 N–H and O–H groups in total. The molecule has 5 rings (SSSR count). The van der Waals surface area contributed by atoms with Gasteiger partial charge in [-0.3, -0.25) is 4.79 Å². The summed E-state index contributed by atoms with van der Waals surface area (Å²) in [6, 6.07) is 8.71. The third kappa shape index (κ3) is 5.66. The van der Waals surface area contributed by atoms with E-state index in [1.807, 2.05) is 6.92 Å². The number of anilines is 2.